The summed E-state index contributed by atoms with van der Waals surface area (Å²) < 4.78 is 3.26. The monoisotopic (exact) mass is 382 g/mol. The van der Waals surface area contributed by atoms with Gasteiger partial charge in [0.1, 0.15) is 11.3 Å². The highest BCUT2D eigenvalue weighted by Gasteiger charge is 2.13. The molecular formula is C16H13BrCl2N2. The van der Waals surface area contributed by atoms with Gasteiger partial charge in [0.05, 0.1) is 10.5 Å². The van der Waals surface area contributed by atoms with Gasteiger partial charge in [-0.3, -0.25) is 0 Å². The van der Waals surface area contributed by atoms with Gasteiger partial charge in [-0.1, -0.05) is 45.7 Å². The Kier molecular flexibility index (Phi) is 4.53. The molecule has 3 aromatic rings. The molecule has 2 nitrogen and oxygen atoms in total. The maximum absolute atomic E-state index is 6.25. The van der Waals surface area contributed by atoms with Crippen molar-refractivity contribution >= 4 is 50.2 Å². The molecule has 0 aliphatic carbocycles. The second kappa shape index (κ2) is 6.39. The molecule has 0 saturated heterocycles. The summed E-state index contributed by atoms with van der Waals surface area (Å²) in [6.45, 7) is 0.752. The number of hydrogen-bond donors (Lipinski definition) is 0. The van der Waals surface area contributed by atoms with E-state index in [9.17, 15) is 0 Å². The fourth-order valence-corrected chi connectivity index (χ4v) is 3.26. The van der Waals surface area contributed by atoms with Crippen molar-refractivity contribution in [3.63, 3.8) is 0 Å². The number of hydrogen-bond acceptors (Lipinski definition) is 1. The number of para-hydroxylation sites is 1. The third-order valence-electron chi connectivity index (χ3n) is 3.36. The van der Waals surface area contributed by atoms with Crippen molar-refractivity contribution in [3.8, 4) is 0 Å². The van der Waals surface area contributed by atoms with Crippen molar-refractivity contribution in [2.24, 2.45) is 0 Å². The summed E-state index contributed by atoms with van der Waals surface area (Å²) in [6, 6.07) is 14.1. The number of imidazole rings is 1. The molecule has 0 spiro atoms. The molecule has 0 saturated carbocycles. The topological polar surface area (TPSA) is 17.8 Å². The summed E-state index contributed by atoms with van der Waals surface area (Å²) >= 11 is 15.7. The zero-order valence-corrected chi connectivity index (χ0v) is 14.3. The molecule has 1 heterocycles. The maximum atomic E-state index is 6.25. The standard InChI is InChI=1S/C16H13BrCl2N2/c17-12-4-1-3-11(9-12)10-21-14-6-2-5-13(19)16(14)20-15(21)7-8-18/h1-6,9H,7-8,10H2. The van der Waals surface area contributed by atoms with Crippen LogP contribution in [0.15, 0.2) is 46.9 Å². The van der Waals surface area contributed by atoms with Gasteiger partial charge in [0, 0.05) is 23.3 Å². The first-order chi connectivity index (χ1) is 10.2. The first kappa shape index (κ1) is 14.9. The second-order valence-corrected chi connectivity index (χ2v) is 6.49. The third-order valence-corrected chi connectivity index (χ3v) is 4.34. The summed E-state index contributed by atoms with van der Waals surface area (Å²) in [5.74, 6) is 1.51. The first-order valence-electron chi connectivity index (χ1n) is 6.63. The minimum absolute atomic E-state index is 0.541. The number of benzene rings is 2. The Morgan fingerprint density at radius 3 is 2.71 bits per heavy atom. The molecule has 0 aliphatic rings. The molecule has 1 aromatic heterocycles. The lowest BCUT2D eigenvalue weighted by Gasteiger charge is -2.09. The lowest BCUT2D eigenvalue weighted by Crippen LogP contribution is -2.06. The Morgan fingerprint density at radius 2 is 1.95 bits per heavy atom. The van der Waals surface area contributed by atoms with Crippen LogP contribution < -0.4 is 0 Å². The summed E-state index contributed by atoms with van der Waals surface area (Å²) in [4.78, 5) is 4.66. The highest BCUT2D eigenvalue weighted by atomic mass is 79.9. The predicted octanol–water partition coefficient (Wildman–Crippen LogP) is 5.28. The molecule has 0 N–H and O–H groups in total. The van der Waals surface area contributed by atoms with Crippen molar-refractivity contribution < 1.29 is 0 Å². The third kappa shape index (κ3) is 3.10. The van der Waals surface area contributed by atoms with E-state index in [0.29, 0.717) is 10.9 Å². The minimum atomic E-state index is 0.541. The largest absolute Gasteiger partial charge is 0.323 e. The van der Waals surface area contributed by atoms with E-state index in [1.807, 2.05) is 30.3 Å². The molecule has 21 heavy (non-hydrogen) atoms. The van der Waals surface area contributed by atoms with E-state index < -0.39 is 0 Å². The van der Waals surface area contributed by atoms with Crippen LogP contribution in [0, 0.1) is 0 Å². The quantitative estimate of drug-likeness (QED) is 0.560. The fourth-order valence-electron chi connectivity index (χ4n) is 2.43. The lowest BCUT2D eigenvalue weighted by molar-refractivity contribution is 0.754. The molecule has 0 amide bonds. The number of alkyl halides is 1. The van der Waals surface area contributed by atoms with E-state index >= 15 is 0 Å². The van der Waals surface area contributed by atoms with E-state index in [-0.39, 0.29) is 0 Å². The molecule has 0 unspecified atom stereocenters. The van der Waals surface area contributed by atoms with Crippen LogP contribution >= 0.6 is 39.1 Å². The van der Waals surface area contributed by atoms with Crippen LogP contribution in [0.5, 0.6) is 0 Å². The van der Waals surface area contributed by atoms with E-state index in [4.69, 9.17) is 23.2 Å². The molecule has 0 radical (unpaired) electrons. The van der Waals surface area contributed by atoms with E-state index in [0.717, 1.165) is 34.3 Å². The predicted molar refractivity (Wildman–Crippen MR) is 92.4 cm³/mol. The fraction of sp³-hybridized carbons (Fsp3) is 0.188. The maximum Gasteiger partial charge on any atom is 0.111 e. The lowest BCUT2D eigenvalue weighted by atomic mass is 10.2. The van der Waals surface area contributed by atoms with Crippen molar-refractivity contribution in [2.75, 3.05) is 5.88 Å². The number of fused-ring (bicyclic) bond motifs is 1. The van der Waals surface area contributed by atoms with Crippen LogP contribution in [0.1, 0.15) is 11.4 Å². The number of rotatable bonds is 4. The van der Waals surface area contributed by atoms with Crippen molar-refractivity contribution in [3.05, 3.63) is 63.3 Å². The van der Waals surface area contributed by atoms with Crippen LogP contribution in [0.3, 0.4) is 0 Å². The van der Waals surface area contributed by atoms with Gasteiger partial charge in [-0.2, -0.15) is 0 Å². The molecule has 0 fully saturated rings. The summed E-state index contributed by atoms with van der Waals surface area (Å²) in [7, 11) is 0. The van der Waals surface area contributed by atoms with Gasteiger partial charge >= 0.3 is 0 Å². The van der Waals surface area contributed by atoms with Crippen LogP contribution in [0.25, 0.3) is 11.0 Å². The summed E-state index contributed by atoms with van der Waals surface area (Å²) in [5.41, 5.74) is 3.09. The summed E-state index contributed by atoms with van der Waals surface area (Å²) in [5, 5.41) is 0.677. The smallest absolute Gasteiger partial charge is 0.111 e. The Balaban J connectivity index is 2.11. The molecule has 3 rings (SSSR count). The van der Waals surface area contributed by atoms with Gasteiger partial charge in [-0.15, -0.1) is 11.6 Å². The number of nitrogens with zero attached hydrogens (tertiary/aromatic N) is 2. The van der Waals surface area contributed by atoms with Crippen LogP contribution in [-0.4, -0.2) is 15.4 Å². The van der Waals surface area contributed by atoms with Gasteiger partial charge < -0.3 is 4.57 Å². The average molecular weight is 384 g/mol. The van der Waals surface area contributed by atoms with E-state index in [1.54, 1.807) is 0 Å². The Bertz CT molecular complexity index is 783. The van der Waals surface area contributed by atoms with Gasteiger partial charge in [0.15, 0.2) is 0 Å². The first-order valence-corrected chi connectivity index (χ1v) is 8.33. The summed E-state index contributed by atoms with van der Waals surface area (Å²) in [6.07, 6.45) is 0.723. The van der Waals surface area contributed by atoms with Crippen molar-refractivity contribution in [2.45, 2.75) is 13.0 Å². The van der Waals surface area contributed by atoms with Crippen LogP contribution in [0.4, 0.5) is 0 Å². The molecule has 0 atom stereocenters. The highest BCUT2D eigenvalue weighted by molar-refractivity contribution is 9.10. The SMILES string of the molecule is ClCCc1nc2c(Cl)cccc2n1Cc1cccc(Br)c1. The van der Waals surface area contributed by atoms with Gasteiger partial charge in [0.2, 0.25) is 0 Å². The number of aromatic nitrogens is 2. The van der Waals surface area contributed by atoms with Crippen molar-refractivity contribution in [1.82, 2.24) is 9.55 Å². The molecule has 2 aromatic carbocycles. The van der Waals surface area contributed by atoms with Gasteiger partial charge in [-0.05, 0) is 29.8 Å². The highest BCUT2D eigenvalue weighted by Crippen LogP contribution is 2.25. The molecule has 5 heteroatoms. The van der Waals surface area contributed by atoms with Crippen LogP contribution in [0.2, 0.25) is 5.02 Å². The molecule has 0 aliphatic heterocycles. The Hall–Kier alpha value is -1.03. The Morgan fingerprint density at radius 1 is 1.14 bits per heavy atom. The molecule has 108 valence electrons. The molecule has 0 bridgehead atoms. The van der Waals surface area contributed by atoms with Crippen LogP contribution in [-0.2, 0) is 13.0 Å². The number of halogens is 3. The van der Waals surface area contributed by atoms with E-state index in [2.05, 4.69) is 37.6 Å². The molecular weight excluding hydrogens is 371 g/mol. The normalized spacial score (nSPS) is 11.2. The second-order valence-electron chi connectivity index (χ2n) is 4.79. The zero-order valence-electron chi connectivity index (χ0n) is 11.2. The van der Waals surface area contributed by atoms with Crippen molar-refractivity contribution in [1.29, 1.82) is 0 Å². The Labute approximate surface area is 141 Å². The number of aryl methyl sites for hydroxylation is 1. The van der Waals surface area contributed by atoms with Gasteiger partial charge in [-0.25, -0.2) is 4.98 Å². The minimum Gasteiger partial charge on any atom is -0.323 e. The average Bonchev–Trinajstić information content (AvgIpc) is 2.79. The van der Waals surface area contributed by atoms with Gasteiger partial charge in [0.25, 0.3) is 0 Å². The van der Waals surface area contributed by atoms with E-state index in [1.165, 1.54) is 5.56 Å². The zero-order chi connectivity index (χ0) is 14.8.